The molecular weight excluding hydrogens is 596 g/mol. The Morgan fingerprint density at radius 2 is 1.76 bits per heavy atom. The first-order valence-electron chi connectivity index (χ1n) is 14.9. The van der Waals surface area contributed by atoms with Gasteiger partial charge in [-0.15, -0.1) is 0 Å². The number of non-ortho nitro benzene ring substituents is 1. The first kappa shape index (κ1) is 32.0. The van der Waals surface area contributed by atoms with E-state index in [-0.39, 0.29) is 18.4 Å². The Labute approximate surface area is 267 Å². The highest BCUT2D eigenvalue weighted by Gasteiger charge is 2.33. The van der Waals surface area contributed by atoms with Gasteiger partial charge >= 0.3 is 5.97 Å². The van der Waals surface area contributed by atoms with Crippen molar-refractivity contribution in [2.45, 2.75) is 45.6 Å². The van der Waals surface area contributed by atoms with Gasteiger partial charge in [0.15, 0.2) is 5.79 Å². The molecule has 1 aliphatic rings. The molecule has 236 valence electrons. The number of carbonyl (C=O) groups is 1. The predicted octanol–water partition coefficient (Wildman–Crippen LogP) is 7.63. The molecule has 0 aliphatic carbocycles. The minimum atomic E-state index is -0.629. The largest absolute Gasteiger partial charge is 0.461 e. The molecule has 45 heavy (non-hydrogen) atoms. The van der Waals surface area contributed by atoms with Crippen LogP contribution >= 0.6 is 11.6 Å². The summed E-state index contributed by atoms with van der Waals surface area (Å²) in [7, 11) is 0. The van der Waals surface area contributed by atoms with E-state index in [1.54, 1.807) is 19.1 Å². The van der Waals surface area contributed by atoms with Gasteiger partial charge in [-0.2, -0.15) is 0 Å². The summed E-state index contributed by atoms with van der Waals surface area (Å²) in [4.78, 5) is 24.1. The van der Waals surface area contributed by atoms with E-state index < -0.39 is 16.7 Å². The Bertz CT molecular complexity index is 1640. The second-order valence-electron chi connectivity index (χ2n) is 11.2. The molecule has 0 spiro atoms. The molecule has 1 aromatic heterocycles. The summed E-state index contributed by atoms with van der Waals surface area (Å²) >= 11 is 6.22. The molecule has 3 aromatic carbocycles. The van der Waals surface area contributed by atoms with Gasteiger partial charge in [0, 0.05) is 65.5 Å². The van der Waals surface area contributed by atoms with E-state index in [1.807, 2.05) is 73.1 Å². The number of aryl methyl sites for hydroxylation is 1. The first-order valence-corrected chi connectivity index (χ1v) is 15.3. The lowest BCUT2D eigenvalue weighted by atomic mass is 9.96. The maximum Gasteiger partial charge on any atom is 0.355 e. The van der Waals surface area contributed by atoms with Crippen LogP contribution in [0.15, 0.2) is 79.0 Å². The van der Waals surface area contributed by atoms with Crippen molar-refractivity contribution in [1.29, 1.82) is 0 Å². The van der Waals surface area contributed by atoms with Crippen LogP contribution in [0.4, 0.5) is 17.1 Å². The average Bonchev–Trinajstić information content (AvgIpc) is 3.58. The lowest BCUT2D eigenvalue weighted by Gasteiger charge is -2.17. The third-order valence-corrected chi connectivity index (χ3v) is 7.73. The Kier molecular flexibility index (Phi) is 10.1. The second kappa shape index (κ2) is 14.2. The molecule has 2 heterocycles. The highest BCUT2D eigenvalue weighted by Crippen LogP contribution is 2.39. The number of rotatable bonds is 13. The molecule has 2 N–H and O–H groups in total. The maximum absolute atomic E-state index is 13.6. The molecule has 1 saturated heterocycles. The van der Waals surface area contributed by atoms with Crippen molar-refractivity contribution >= 4 is 34.6 Å². The number of nitrogens with zero attached hydrogens (tertiary/aromatic N) is 2. The fourth-order valence-electron chi connectivity index (χ4n) is 5.38. The number of ether oxygens (including phenoxy) is 3. The van der Waals surface area contributed by atoms with Gasteiger partial charge in [0.05, 0.1) is 24.2 Å². The lowest BCUT2D eigenvalue weighted by molar-refractivity contribution is -0.384. The third-order valence-electron chi connectivity index (χ3n) is 7.47. The van der Waals surface area contributed by atoms with E-state index in [2.05, 4.69) is 10.6 Å². The number of nitro benzene ring substituents is 1. The van der Waals surface area contributed by atoms with E-state index >= 15 is 0 Å². The quantitative estimate of drug-likeness (QED) is 0.0669. The number of nitro groups is 1. The average molecular weight is 633 g/mol. The van der Waals surface area contributed by atoms with Gasteiger partial charge in [-0.1, -0.05) is 35.9 Å². The van der Waals surface area contributed by atoms with Crippen LogP contribution < -0.4 is 10.6 Å². The first-order chi connectivity index (χ1) is 21.6. The molecular formula is C34H37ClN4O6. The van der Waals surface area contributed by atoms with E-state index in [0.717, 1.165) is 33.6 Å². The Morgan fingerprint density at radius 1 is 1.04 bits per heavy atom. The summed E-state index contributed by atoms with van der Waals surface area (Å²) in [5.74, 6) is -1.03. The van der Waals surface area contributed by atoms with Gasteiger partial charge in [-0.25, -0.2) is 4.79 Å². The lowest BCUT2D eigenvalue weighted by Crippen LogP contribution is -2.22. The molecule has 0 radical (unpaired) electrons. The van der Waals surface area contributed by atoms with E-state index in [0.29, 0.717) is 43.4 Å². The summed E-state index contributed by atoms with van der Waals surface area (Å²) in [6.07, 6.45) is 2.57. The van der Waals surface area contributed by atoms with Crippen molar-refractivity contribution in [3.63, 3.8) is 0 Å². The summed E-state index contributed by atoms with van der Waals surface area (Å²) < 4.78 is 19.3. The van der Waals surface area contributed by atoms with Crippen LogP contribution in [-0.4, -0.2) is 53.7 Å². The van der Waals surface area contributed by atoms with E-state index in [9.17, 15) is 14.9 Å². The van der Waals surface area contributed by atoms with Crippen molar-refractivity contribution in [3.05, 3.63) is 99.8 Å². The van der Waals surface area contributed by atoms with Gasteiger partial charge in [0.2, 0.25) is 0 Å². The molecule has 5 rings (SSSR count). The molecule has 1 fully saturated rings. The Balaban J connectivity index is 1.42. The molecule has 11 heteroatoms. The van der Waals surface area contributed by atoms with Gasteiger partial charge in [0.1, 0.15) is 5.69 Å². The zero-order valence-corrected chi connectivity index (χ0v) is 26.3. The minimum absolute atomic E-state index is 0.0503. The van der Waals surface area contributed by atoms with Crippen LogP contribution in [0.5, 0.6) is 0 Å². The smallest absolute Gasteiger partial charge is 0.355 e. The Morgan fingerprint density at radius 3 is 2.40 bits per heavy atom. The molecule has 0 amide bonds. The van der Waals surface area contributed by atoms with Crippen LogP contribution in [0.25, 0.3) is 22.3 Å². The standard InChI is InChI=1S/C34H37ClN4O6/c1-4-43-33(40)32-31(24-6-5-7-27(20-24)37-18-17-36-26-12-14-28(15-13-26)39(41)42)30(23-8-10-25(35)11-9-23)21-38(32)19-16-29-22-44-34(2,3)45-29/h5-15,20-21,29,36-37H,4,16-19,22H2,1-3H3/t29-/m0/s1. The molecule has 10 nitrogen and oxygen atoms in total. The zero-order valence-electron chi connectivity index (χ0n) is 25.5. The topological polar surface area (TPSA) is 117 Å². The zero-order chi connectivity index (χ0) is 32.0. The molecule has 0 saturated carbocycles. The number of hydrogen-bond acceptors (Lipinski definition) is 8. The monoisotopic (exact) mass is 632 g/mol. The number of nitrogens with one attached hydrogen (secondary N) is 2. The van der Waals surface area contributed by atoms with Crippen molar-refractivity contribution in [1.82, 2.24) is 4.57 Å². The number of esters is 1. The van der Waals surface area contributed by atoms with E-state index in [1.165, 1.54) is 12.1 Å². The van der Waals surface area contributed by atoms with Gasteiger partial charge < -0.3 is 29.4 Å². The van der Waals surface area contributed by atoms with Crippen LogP contribution in [0.1, 0.15) is 37.7 Å². The van der Waals surface area contributed by atoms with Crippen molar-refractivity contribution in [2.24, 2.45) is 0 Å². The highest BCUT2D eigenvalue weighted by molar-refractivity contribution is 6.30. The van der Waals surface area contributed by atoms with Crippen molar-refractivity contribution < 1.29 is 23.9 Å². The van der Waals surface area contributed by atoms with Gasteiger partial charge in [-0.3, -0.25) is 10.1 Å². The predicted molar refractivity (Wildman–Crippen MR) is 176 cm³/mol. The number of hydrogen-bond donors (Lipinski definition) is 2. The van der Waals surface area contributed by atoms with E-state index in [4.69, 9.17) is 25.8 Å². The second-order valence-corrected chi connectivity index (χ2v) is 11.6. The third kappa shape index (κ3) is 8.02. The van der Waals surface area contributed by atoms with Crippen molar-refractivity contribution in [3.8, 4) is 22.3 Å². The summed E-state index contributed by atoms with van der Waals surface area (Å²) in [5.41, 5.74) is 5.63. The highest BCUT2D eigenvalue weighted by atomic mass is 35.5. The summed E-state index contributed by atoms with van der Waals surface area (Å²) in [6.45, 7) is 8.05. The molecule has 1 aliphatic heterocycles. The Hall–Kier alpha value is -4.38. The minimum Gasteiger partial charge on any atom is -0.461 e. The van der Waals surface area contributed by atoms with Gasteiger partial charge in [-0.05, 0) is 74.7 Å². The normalized spacial score (nSPS) is 15.5. The molecule has 1 atom stereocenters. The fraction of sp³-hybridized carbons (Fsp3) is 0.324. The summed E-state index contributed by atoms with van der Waals surface area (Å²) in [6, 6.07) is 21.8. The van der Waals surface area contributed by atoms with Crippen LogP contribution in [0.3, 0.4) is 0 Å². The summed E-state index contributed by atoms with van der Waals surface area (Å²) in [5, 5.41) is 18.2. The number of benzene rings is 3. The van der Waals surface area contributed by atoms with Crippen LogP contribution in [0.2, 0.25) is 5.02 Å². The number of halogens is 1. The number of anilines is 2. The molecule has 4 aromatic rings. The molecule has 0 unspecified atom stereocenters. The fourth-order valence-corrected chi connectivity index (χ4v) is 5.51. The maximum atomic E-state index is 13.6. The van der Waals surface area contributed by atoms with Gasteiger partial charge in [0.25, 0.3) is 5.69 Å². The number of carbonyl (C=O) groups excluding carboxylic acids is 1. The van der Waals surface area contributed by atoms with Crippen LogP contribution in [-0.2, 0) is 20.8 Å². The van der Waals surface area contributed by atoms with Crippen LogP contribution in [0, 0.1) is 10.1 Å². The van der Waals surface area contributed by atoms with Crippen molar-refractivity contribution in [2.75, 3.05) is 36.9 Å². The SMILES string of the molecule is CCOC(=O)c1c(-c2cccc(NCCNc3ccc([N+](=O)[O-])cc3)c2)c(-c2ccc(Cl)cc2)cn1CC[C@H]1COC(C)(C)O1. The number of aromatic nitrogens is 1. The molecule has 0 bridgehead atoms.